The summed E-state index contributed by atoms with van der Waals surface area (Å²) >= 11 is 0.529. The summed E-state index contributed by atoms with van der Waals surface area (Å²) in [5.41, 5.74) is 0.982. The van der Waals surface area contributed by atoms with E-state index in [4.69, 9.17) is 4.74 Å². The topological polar surface area (TPSA) is 55.4 Å². The van der Waals surface area contributed by atoms with Crippen LogP contribution in [0.2, 0.25) is 0 Å². The maximum atomic E-state index is 12.3. The van der Waals surface area contributed by atoms with Crippen LogP contribution in [-0.4, -0.2) is 31.5 Å². The third kappa shape index (κ3) is 4.58. The van der Waals surface area contributed by atoms with Gasteiger partial charge in [0.05, 0.1) is 16.9 Å². The molecular formula is C16H14F3NO3S. The fraction of sp³-hybridized carbons (Fsp3) is 0.250. The Morgan fingerprint density at radius 1 is 1.08 bits per heavy atom. The second-order valence-corrected chi connectivity index (χ2v) is 5.93. The number of methoxy groups -OCH3 is 1. The lowest BCUT2D eigenvalue weighted by molar-refractivity contribution is -0.0882. The molecule has 1 amide bonds. The Kier molecular flexibility index (Phi) is 5.61. The summed E-state index contributed by atoms with van der Waals surface area (Å²) in [6.45, 7) is 0.325. The van der Waals surface area contributed by atoms with Crippen LogP contribution in [-0.2, 0) is 6.42 Å². The van der Waals surface area contributed by atoms with E-state index in [1.54, 1.807) is 19.2 Å². The number of thiophene rings is 1. The molecular weight excluding hydrogens is 343 g/mol. The minimum absolute atomic E-state index is 0.0670. The molecule has 4 nitrogen and oxygen atoms in total. The number of ether oxygens (including phenoxy) is 1. The molecule has 0 radical (unpaired) electrons. The van der Waals surface area contributed by atoms with E-state index in [1.807, 2.05) is 12.1 Å². The number of carbonyl (C=O) groups is 2. The van der Waals surface area contributed by atoms with Gasteiger partial charge in [-0.3, -0.25) is 9.59 Å². The van der Waals surface area contributed by atoms with Gasteiger partial charge in [0.2, 0.25) is 0 Å². The first-order valence-corrected chi connectivity index (χ1v) is 7.75. The maximum Gasteiger partial charge on any atom is 0.455 e. The van der Waals surface area contributed by atoms with E-state index in [2.05, 4.69) is 5.32 Å². The van der Waals surface area contributed by atoms with Gasteiger partial charge in [-0.25, -0.2) is 0 Å². The van der Waals surface area contributed by atoms with Crippen molar-refractivity contribution in [3.05, 3.63) is 51.7 Å². The average molecular weight is 357 g/mol. The van der Waals surface area contributed by atoms with Crippen LogP contribution in [0, 0.1) is 0 Å². The third-order valence-electron chi connectivity index (χ3n) is 3.17. The third-order valence-corrected chi connectivity index (χ3v) is 4.25. The Balaban J connectivity index is 1.88. The van der Waals surface area contributed by atoms with Gasteiger partial charge in [-0.15, -0.1) is 11.3 Å². The first-order valence-electron chi connectivity index (χ1n) is 6.93. The molecule has 1 aromatic heterocycles. The van der Waals surface area contributed by atoms with Gasteiger partial charge in [0.1, 0.15) is 5.75 Å². The zero-order chi connectivity index (χ0) is 17.7. The Bertz CT molecular complexity index is 723. The van der Waals surface area contributed by atoms with E-state index in [0.29, 0.717) is 24.3 Å². The van der Waals surface area contributed by atoms with Crippen molar-refractivity contribution in [1.29, 1.82) is 0 Å². The molecule has 0 saturated carbocycles. The number of Topliss-reactive ketones (excluding diaryl/α,β-unsaturated/α-hetero) is 1. The number of hydrogen-bond acceptors (Lipinski definition) is 4. The van der Waals surface area contributed by atoms with Gasteiger partial charge in [-0.1, -0.05) is 12.1 Å². The maximum absolute atomic E-state index is 12.3. The molecule has 128 valence electrons. The van der Waals surface area contributed by atoms with E-state index in [1.165, 1.54) is 6.07 Å². The molecule has 0 aliphatic rings. The average Bonchev–Trinajstić information content (AvgIpc) is 3.03. The number of alkyl halides is 3. The van der Waals surface area contributed by atoms with Crippen molar-refractivity contribution in [2.75, 3.05) is 13.7 Å². The standard InChI is InChI=1S/C16H14F3NO3S/c1-23-11-4-2-10(3-5-11)8-9-20-15(22)13-7-6-12(24-13)14(21)16(17,18)19/h2-7H,8-9H2,1H3,(H,20,22). The van der Waals surface area contributed by atoms with Crippen molar-refractivity contribution >= 4 is 23.0 Å². The van der Waals surface area contributed by atoms with E-state index in [9.17, 15) is 22.8 Å². The number of carbonyl (C=O) groups excluding carboxylic acids is 2. The summed E-state index contributed by atoms with van der Waals surface area (Å²) in [5, 5.41) is 2.61. The van der Waals surface area contributed by atoms with Crippen molar-refractivity contribution < 1.29 is 27.5 Å². The van der Waals surface area contributed by atoms with E-state index < -0.39 is 22.7 Å². The van der Waals surface area contributed by atoms with Crippen LogP contribution in [0.3, 0.4) is 0 Å². The number of amides is 1. The van der Waals surface area contributed by atoms with Gasteiger partial charge >= 0.3 is 6.18 Å². The predicted octanol–water partition coefficient (Wildman–Crippen LogP) is 3.47. The zero-order valence-corrected chi connectivity index (χ0v) is 13.5. The highest BCUT2D eigenvalue weighted by Crippen LogP contribution is 2.26. The normalized spacial score (nSPS) is 11.2. The van der Waals surface area contributed by atoms with Gasteiger partial charge in [0, 0.05) is 6.54 Å². The number of ketones is 1. The number of hydrogen-bond donors (Lipinski definition) is 1. The Morgan fingerprint density at radius 3 is 2.29 bits per heavy atom. The molecule has 0 aliphatic carbocycles. The molecule has 0 aliphatic heterocycles. The highest BCUT2D eigenvalue weighted by Gasteiger charge is 2.40. The lowest BCUT2D eigenvalue weighted by atomic mass is 10.1. The summed E-state index contributed by atoms with van der Waals surface area (Å²) in [6.07, 6.45) is -4.37. The molecule has 0 bridgehead atoms. The predicted molar refractivity (Wildman–Crippen MR) is 83.7 cm³/mol. The van der Waals surface area contributed by atoms with Gasteiger partial charge in [0.25, 0.3) is 11.7 Å². The van der Waals surface area contributed by atoms with E-state index in [-0.39, 0.29) is 4.88 Å². The van der Waals surface area contributed by atoms with Crippen LogP contribution >= 0.6 is 11.3 Å². The molecule has 0 saturated heterocycles. The SMILES string of the molecule is COc1ccc(CCNC(=O)c2ccc(C(=O)C(F)(F)F)s2)cc1. The zero-order valence-electron chi connectivity index (χ0n) is 12.6. The summed E-state index contributed by atoms with van der Waals surface area (Å²) in [7, 11) is 1.56. The van der Waals surface area contributed by atoms with Crippen molar-refractivity contribution in [2.45, 2.75) is 12.6 Å². The summed E-state index contributed by atoms with van der Waals surface area (Å²) in [6, 6.07) is 9.54. The first-order chi connectivity index (χ1) is 11.3. The van der Waals surface area contributed by atoms with Crippen LogP contribution in [0.25, 0.3) is 0 Å². The quantitative estimate of drug-likeness (QED) is 0.806. The van der Waals surface area contributed by atoms with Crippen molar-refractivity contribution in [3.63, 3.8) is 0 Å². The number of halogens is 3. The number of benzene rings is 1. The van der Waals surface area contributed by atoms with E-state index in [0.717, 1.165) is 17.4 Å². The van der Waals surface area contributed by atoms with Gasteiger partial charge in [-0.2, -0.15) is 13.2 Å². The molecule has 0 unspecified atom stereocenters. The molecule has 1 aromatic carbocycles. The highest BCUT2D eigenvalue weighted by molar-refractivity contribution is 7.16. The Morgan fingerprint density at radius 2 is 1.71 bits per heavy atom. The van der Waals surface area contributed by atoms with Crippen LogP contribution in [0.5, 0.6) is 5.75 Å². The van der Waals surface area contributed by atoms with Crippen LogP contribution < -0.4 is 10.1 Å². The Hall–Kier alpha value is -2.35. The highest BCUT2D eigenvalue weighted by atomic mass is 32.1. The van der Waals surface area contributed by atoms with Crippen molar-refractivity contribution in [2.24, 2.45) is 0 Å². The smallest absolute Gasteiger partial charge is 0.455 e. The summed E-state index contributed by atoms with van der Waals surface area (Å²) in [5.74, 6) is -1.72. The largest absolute Gasteiger partial charge is 0.497 e. The van der Waals surface area contributed by atoms with Gasteiger partial charge < -0.3 is 10.1 Å². The van der Waals surface area contributed by atoms with Crippen LogP contribution in [0.1, 0.15) is 24.9 Å². The number of rotatable bonds is 6. The number of nitrogens with one attached hydrogen (secondary N) is 1. The molecule has 24 heavy (non-hydrogen) atoms. The molecule has 1 heterocycles. The fourth-order valence-corrected chi connectivity index (χ4v) is 2.80. The van der Waals surface area contributed by atoms with Crippen LogP contribution in [0.15, 0.2) is 36.4 Å². The Labute approximate surface area is 140 Å². The van der Waals surface area contributed by atoms with Gasteiger partial charge in [0.15, 0.2) is 0 Å². The van der Waals surface area contributed by atoms with E-state index >= 15 is 0 Å². The molecule has 1 N–H and O–H groups in total. The summed E-state index contributed by atoms with van der Waals surface area (Å²) < 4.78 is 42.1. The van der Waals surface area contributed by atoms with Crippen LogP contribution in [0.4, 0.5) is 13.2 Å². The van der Waals surface area contributed by atoms with Gasteiger partial charge in [-0.05, 0) is 36.2 Å². The molecule has 2 aromatic rings. The molecule has 2 rings (SSSR count). The summed E-state index contributed by atoms with van der Waals surface area (Å²) in [4.78, 5) is 22.6. The van der Waals surface area contributed by atoms with Crippen molar-refractivity contribution in [1.82, 2.24) is 5.32 Å². The lowest BCUT2D eigenvalue weighted by Gasteiger charge is -2.05. The second-order valence-electron chi connectivity index (χ2n) is 4.84. The molecule has 0 atom stereocenters. The lowest BCUT2D eigenvalue weighted by Crippen LogP contribution is -2.25. The monoisotopic (exact) mass is 357 g/mol. The second kappa shape index (κ2) is 7.48. The minimum Gasteiger partial charge on any atom is -0.497 e. The minimum atomic E-state index is -4.94. The molecule has 8 heteroatoms. The first kappa shape index (κ1) is 18.0. The fourth-order valence-electron chi connectivity index (χ4n) is 1.92. The van der Waals surface area contributed by atoms with Crippen molar-refractivity contribution in [3.8, 4) is 5.75 Å². The molecule has 0 spiro atoms. The molecule has 0 fully saturated rings.